The van der Waals surface area contributed by atoms with Gasteiger partial charge in [-0.3, -0.25) is 0 Å². The molecule has 0 saturated carbocycles. The molecule has 0 radical (unpaired) electrons. The summed E-state index contributed by atoms with van der Waals surface area (Å²) in [7, 11) is 0. The molecule has 0 unspecified atom stereocenters. The molecule has 5 nitrogen and oxygen atoms in total. The number of hydrogen-bond acceptors (Lipinski definition) is 5. The van der Waals surface area contributed by atoms with Crippen LogP contribution in [-0.4, -0.2) is 61.2 Å². The lowest BCUT2D eigenvalue weighted by Crippen LogP contribution is -2.21. The Morgan fingerprint density at radius 3 is 1.38 bits per heavy atom. The number of nitrogens with zero attached hydrogens (tertiary/aromatic N) is 1. The second kappa shape index (κ2) is 13.7. The number of phenolic OH excluding ortho intramolecular Hbond substituents is 2. The average molecular weight is 299 g/mol. The zero-order chi connectivity index (χ0) is 15.9. The fraction of sp³-hybridized carbons (Fsp3) is 0.625. The normalized spacial score (nSPS) is 13.7. The van der Waals surface area contributed by atoms with Gasteiger partial charge in [0.05, 0.1) is 26.4 Å². The summed E-state index contributed by atoms with van der Waals surface area (Å²) in [6.45, 7) is 13.2. The molecular formula is C16H29NO4. The van der Waals surface area contributed by atoms with Gasteiger partial charge in [0.1, 0.15) is 11.5 Å². The monoisotopic (exact) mass is 299 g/mol. The van der Waals surface area contributed by atoms with Gasteiger partial charge in [-0.2, -0.15) is 0 Å². The Labute approximate surface area is 128 Å². The van der Waals surface area contributed by atoms with Crippen molar-refractivity contribution in [3.8, 4) is 11.5 Å². The van der Waals surface area contributed by atoms with Crippen molar-refractivity contribution >= 4 is 0 Å². The Balaban J connectivity index is 0.000000289. The van der Waals surface area contributed by atoms with Crippen molar-refractivity contribution in [1.29, 1.82) is 0 Å². The van der Waals surface area contributed by atoms with Crippen molar-refractivity contribution < 1.29 is 19.7 Å². The third kappa shape index (κ3) is 12.2. The molecule has 0 spiro atoms. The largest absolute Gasteiger partial charge is 0.508 e. The van der Waals surface area contributed by atoms with Gasteiger partial charge in [-0.25, -0.2) is 0 Å². The van der Waals surface area contributed by atoms with Crippen LogP contribution in [0.15, 0.2) is 24.3 Å². The van der Waals surface area contributed by atoms with Gasteiger partial charge in [-0.1, -0.05) is 26.8 Å². The molecule has 1 aromatic carbocycles. The van der Waals surface area contributed by atoms with Gasteiger partial charge in [0.15, 0.2) is 0 Å². The number of ether oxygens (including phenoxy) is 2. The maximum Gasteiger partial charge on any atom is 0.119 e. The molecule has 1 aromatic rings. The predicted molar refractivity (Wildman–Crippen MR) is 84.9 cm³/mol. The lowest BCUT2D eigenvalue weighted by Gasteiger charge is -2.13. The molecular weight excluding hydrogens is 270 g/mol. The number of aromatic hydroxyl groups is 2. The van der Waals surface area contributed by atoms with Crippen molar-refractivity contribution in [2.75, 3.05) is 46.1 Å². The van der Waals surface area contributed by atoms with E-state index in [1.807, 2.05) is 0 Å². The van der Waals surface area contributed by atoms with Gasteiger partial charge in [0, 0.05) is 6.07 Å². The van der Waals surface area contributed by atoms with Crippen LogP contribution in [-0.2, 0) is 9.47 Å². The Morgan fingerprint density at radius 1 is 0.857 bits per heavy atom. The molecule has 0 aromatic heterocycles. The molecule has 21 heavy (non-hydrogen) atoms. The highest BCUT2D eigenvalue weighted by molar-refractivity contribution is 5.30. The first kappa shape index (κ1) is 19.7. The van der Waals surface area contributed by atoms with Crippen LogP contribution < -0.4 is 0 Å². The van der Waals surface area contributed by atoms with Crippen LogP contribution in [0.3, 0.4) is 0 Å². The first-order valence-corrected chi connectivity index (χ1v) is 7.49. The van der Waals surface area contributed by atoms with E-state index >= 15 is 0 Å². The molecule has 1 heterocycles. The van der Waals surface area contributed by atoms with Crippen molar-refractivity contribution in [2.45, 2.75) is 20.8 Å². The summed E-state index contributed by atoms with van der Waals surface area (Å²) in [5.74, 6) is 0.176. The van der Waals surface area contributed by atoms with Crippen LogP contribution in [0.1, 0.15) is 20.8 Å². The van der Waals surface area contributed by atoms with E-state index in [0.717, 1.165) is 26.4 Å². The van der Waals surface area contributed by atoms with E-state index in [2.05, 4.69) is 25.7 Å². The van der Waals surface area contributed by atoms with Crippen molar-refractivity contribution in [1.82, 2.24) is 4.90 Å². The summed E-state index contributed by atoms with van der Waals surface area (Å²) in [5.41, 5.74) is 0. The van der Waals surface area contributed by atoms with Crippen LogP contribution in [0.25, 0.3) is 0 Å². The van der Waals surface area contributed by atoms with Crippen LogP contribution in [0.4, 0.5) is 0 Å². The lowest BCUT2D eigenvalue weighted by molar-refractivity contribution is -0.0334. The van der Waals surface area contributed by atoms with E-state index in [4.69, 9.17) is 19.7 Å². The van der Waals surface area contributed by atoms with Crippen LogP contribution in [0.5, 0.6) is 11.5 Å². The van der Waals surface area contributed by atoms with E-state index in [-0.39, 0.29) is 11.5 Å². The first-order valence-electron chi connectivity index (χ1n) is 7.49. The maximum atomic E-state index is 8.65. The molecule has 0 atom stereocenters. The summed E-state index contributed by atoms with van der Waals surface area (Å²) in [6, 6.07) is 5.85. The van der Waals surface area contributed by atoms with E-state index < -0.39 is 0 Å². The highest BCUT2D eigenvalue weighted by Gasteiger charge is 1.94. The van der Waals surface area contributed by atoms with Gasteiger partial charge in [-0.15, -0.1) is 0 Å². The minimum absolute atomic E-state index is 0.0880. The van der Waals surface area contributed by atoms with Crippen LogP contribution >= 0.6 is 0 Å². The van der Waals surface area contributed by atoms with Gasteiger partial charge in [0.2, 0.25) is 0 Å². The molecule has 2 N–H and O–H groups in total. The van der Waals surface area contributed by atoms with Gasteiger partial charge in [-0.05, 0) is 31.8 Å². The van der Waals surface area contributed by atoms with E-state index in [1.165, 1.54) is 37.8 Å². The number of phenols is 2. The third-order valence-corrected chi connectivity index (χ3v) is 2.92. The molecule has 1 fully saturated rings. The van der Waals surface area contributed by atoms with Gasteiger partial charge >= 0.3 is 0 Å². The molecule has 122 valence electrons. The summed E-state index contributed by atoms with van der Waals surface area (Å²) < 4.78 is 9.89. The number of rotatable bonds is 3. The van der Waals surface area contributed by atoms with Crippen LogP contribution in [0.2, 0.25) is 0 Å². The molecule has 2 rings (SSSR count). The Hall–Kier alpha value is -1.30. The first-order chi connectivity index (χ1) is 10.1. The summed E-state index contributed by atoms with van der Waals surface area (Å²) >= 11 is 0. The Morgan fingerprint density at radius 2 is 1.24 bits per heavy atom. The van der Waals surface area contributed by atoms with Crippen molar-refractivity contribution in [3.63, 3.8) is 0 Å². The number of hydrogen-bond donors (Lipinski definition) is 2. The van der Waals surface area contributed by atoms with E-state index in [9.17, 15) is 0 Å². The van der Waals surface area contributed by atoms with Crippen molar-refractivity contribution in [3.05, 3.63) is 24.3 Å². The van der Waals surface area contributed by atoms with E-state index in [1.54, 1.807) is 6.07 Å². The second-order valence-electron chi connectivity index (χ2n) is 4.36. The van der Waals surface area contributed by atoms with Crippen molar-refractivity contribution in [2.24, 2.45) is 0 Å². The second-order valence-corrected chi connectivity index (χ2v) is 4.36. The highest BCUT2D eigenvalue weighted by Crippen LogP contribution is 2.14. The predicted octanol–water partition coefficient (Wildman–Crippen LogP) is 2.48. The van der Waals surface area contributed by atoms with Gasteiger partial charge < -0.3 is 24.6 Å². The zero-order valence-electron chi connectivity index (χ0n) is 13.4. The lowest BCUT2D eigenvalue weighted by atomic mass is 10.3. The maximum absolute atomic E-state index is 8.65. The summed E-state index contributed by atoms with van der Waals surface area (Å²) in [5, 5.41) is 17.3. The quantitative estimate of drug-likeness (QED) is 0.898. The topological polar surface area (TPSA) is 62.2 Å². The molecule has 0 amide bonds. The molecule has 1 aliphatic heterocycles. The fourth-order valence-electron chi connectivity index (χ4n) is 1.60. The van der Waals surface area contributed by atoms with Crippen LogP contribution in [0, 0.1) is 0 Å². The molecule has 0 aliphatic carbocycles. The summed E-state index contributed by atoms with van der Waals surface area (Å²) in [4.78, 5) is 2.38. The van der Waals surface area contributed by atoms with E-state index in [0.29, 0.717) is 0 Å². The highest BCUT2D eigenvalue weighted by atomic mass is 16.6. The third-order valence-electron chi connectivity index (χ3n) is 2.92. The standard InChI is InChI=1S/C6H15N.C6H6O2.C4H8O2/c1-4-7(5-2)6-3;7-5-2-1-3-6(8)4-5;1-2-6-4-3-5-1/h4-6H2,1-3H3;1-4,7-8H;1-4H2. The molecule has 1 aliphatic rings. The minimum Gasteiger partial charge on any atom is -0.508 e. The molecule has 5 heteroatoms. The zero-order valence-corrected chi connectivity index (χ0v) is 13.4. The molecule has 1 saturated heterocycles. The average Bonchev–Trinajstić information content (AvgIpc) is 2.52. The fourth-order valence-corrected chi connectivity index (χ4v) is 1.60. The Kier molecular flexibility index (Phi) is 12.8. The number of benzene rings is 1. The minimum atomic E-state index is 0.0880. The summed E-state index contributed by atoms with van der Waals surface area (Å²) in [6.07, 6.45) is 0. The molecule has 0 bridgehead atoms. The Bertz CT molecular complexity index is 305. The SMILES string of the molecule is C1COCCO1.CCN(CC)CC.Oc1cccc(O)c1. The smallest absolute Gasteiger partial charge is 0.119 e. The van der Waals surface area contributed by atoms with Gasteiger partial charge in [0.25, 0.3) is 0 Å².